The Hall–Kier alpha value is -0.540. The van der Waals surface area contributed by atoms with Gasteiger partial charge >= 0.3 is 0 Å². The number of phenolic OH excluding ortho intramolecular Hbond substituents is 1. The number of phenols is 1. The van der Waals surface area contributed by atoms with E-state index >= 15 is 0 Å². The third kappa shape index (κ3) is 3.22. The summed E-state index contributed by atoms with van der Waals surface area (Å²) < 4.78 is 0.751. The molecule has 1 rings (SSSR count). The first-order valence-electron chi connectivity index (χ1n) is 5.74. The van der Waals surface area contributed by atoms with Gasteiger partial charge in [-0.3, -0.25) is 0 Å². The molecule has 2 N–H and O–H groups in total. The summed E-state index contributed by atoms with van der Waals surface area (Å²) in [5.74, 6) is 0.338. The van der Waals surface area contributed by atoms with Crippen LogP contribution in [0.25, 0.3) is 0 Å². The molecule has 2 nitrogen and oxygen atoms in total. The predicted octanol–water partition coefficient (Wildman–Crippen LogP) is 3.82. The van der Waals surface area contributed by atoms with Gasteiger partial charge in [0.15, 0.2) is 0 Å². The molecule has 0 aliphatic carbocycles. The van der Waals surface area contributed by atoms with E-state index in [9.17, 15) is 5.11 Å². The number of hydrogen-bond donors (Lipinski definition) is 2. The van der Waals surface area contributed by atoms with Crippen molar-refractivity contribution in [2.24, 2.45) is 0 Å². The molecule has 1 aromatic rings. The zero-order valence-electron chi connectivity index (χ0n) is 10.2. The van der Waals surface area contributed by atoms with Crippen LogP contribution < -0.4 is 5.32 Å². The van der Waals surface area contributed by atoms with Crippen molar-refractivity contribution in [2.45, 2.75) is 45.7 Å². The number of benzene rings is 1. The molecule has 0 bridgehead atoms. The largest absolute Gasteiger partial charge is 0.506 e. The highest BCUT2D eigenvalue weighted by Gasteiger charge is 2.18. The molecule has 0 unspecified atom stereocenters. The molecule has 1 aromatic carbocycles. The van der Waals surface area contributed by atoms with Gasteiger partial charge < -0.3 is 10.4 Å². The number of hydrogen-bond acceptors (Lipinski definition) is 2. The summed E-state index contributed by atoms with van der Waals surface area (Å²) in [7, 11) is 0. The lowest BCUT2D eigenvalue weighted by Gasteiger charge is -2.28. The molecule has 0 amide bonds. The second kappa shape index (κ2) is 5.69. The minimum atomic E-state index is 0.148. The first-order valence-corrected chi connectivity index (χ1v) is 6.53. The van der Waals surface area contributed by atoms with Crippen LogP contribution in [0.2, 0.25) is 0 Å². The summed E-state index contributed by atoms with van der Waals surface area (Å²) in [4.78, 5) is 0. The first-order chi connectivity index (χ1) is 7.52. The van der Waals surface area contributed by atoms with Crippen LogP contribution in [-0.2, 0) is 6.54 Å². The Bertz CT molecular complexity index is 348. The van der Waals surface area contributed by atoms with Gasteiger partial charge in [-0.25, -0.2) is 0 Å². The molecular formula is C13H20BrNO. The Labute approximate surface area is 106 Å². The normalized spacial score (nSPS) is 11.8. The molecule has 0 aromatic heterocycles. The van der Waals surface area contributed by atoms with Gasteiger partial charge in [-0.1, -0.05) is 26.0 Å². The van der Waals surface area contributed by atoms with Crippen molar-refractivity contribution in [1.29, 1.82) is 0 Å². The maximum Gasteiger partial charge on any atom is 0.134 e. The summed E-state index contributed by atoms with van der Waals surface area (Å²) >= 11 is 3.32. The Kier molecular flexibility index (Phi) is 4.81. The summed E-state index contributed by atoms with van der Waals surface area (Å²) in [6, 6.07) is 5.73. The second-order valence-electron chi connectivity index (χ2n) is 4.37. The molecular weight excluding hydrogens is 266 g/mol. The number of halogens is 1. The van der Waals surface area contributed by atoms with Crippen molar-refractivity contribution in [1.82, 2.24) is 5.32 Å². The Morgan fingerprint density at radius 3 is 2.50 bits per heavy atom. The SMILES string of the molecule is CCC(C)(CC)NCc1cccc(Br)c1O. The van der Waals surface area contributed by atoms with Gasteiger partial charge in [-0.15, -0.1) is 0 Å². The van der Waals surface area contributed by atoms with Crippen LogP contribution in [0.1, 0.15) is 39.2 Å². The number of nitrogens with one attached hydrogen (secondary N) is 1. The third-order valence-electron chi connectivity index (χ3n) is 3.34. The molecule has 0 saturated carbocycles. The minimum Gasteiger partial charge on any atom is -0.506 e. The quantitative estimate of drug-likeness (QED) is 0.862. The summed E-state index contributed by atoms with van der Waals surface area (Å²) in [6.07, 6.45) is 2.16. The van der Waals surface area contributed by atoms with Crippen molar-refractivity contribution in [3.8, 4) is 5.75 Å². The van der Waals surface area contributed by atoms with E-state index in [0.29, 0.717) is 12.3 Å². The van der Waals surface area contributed by atoms with Crippen LogP contribution >= 0.6 is 15.9 Å². The van der Waals surface area contributed by atoms with E-state index in [1.54, 1.807) is 0 Å². The first kappa shape index (κ1) is 13.5. The van der Waals surface area contributed by atoms with Crippen LogP contribution in [-0.4, -0.2) is 10.6 Å². The Balaban J connectivity index is 2.71. The van der Waals surface area contributed by atoms with Gasteiger partial charge in [0.1, 0.15) is 5.75 Å². The highest BCUT2D eigenvalue weighted by Crippen LogP contribution is 2.28. The molecule has 0 fully saturated rings. The monoisotopic (exact) mass is 285 g/mol. The lowest BCUT2D eigenvalue weighted by atomic mass is 9.95. The highest BCUT2D eigenvalue weighted by atomic mass is 79.9. The van der Waals surface area contributed by atoms with Crippen molar-refractivity contribution < 1.29 is 5.11 Å². The van der Waals surface area contributed by atoms with Crippen LogP contribution in [0.5, 0.6) is 5.75 Å². The topological polar surface area (TPSA) is 32.3 Å². The van der Waals surface area contributed by atoms with Gasteiger partial charge in [-0.2, -0.15) is 0 Å². The predicted molar refractivity (Wildman–Crippen MR) is 71.6 cm³/mol. The van der Waals surface area contributed by atoms with E-state index in [0.717, 1.165) is 22.9 Å². The van der Waals surface area contributed by atoms with Crippen LogP contribution in [0.4, 0.5) is 0 Å². The van der Waals surface area contributed by atoms with Gasteiger partial charge in [-0.05, 0) is 41.8 Å². The lowest BCUT2D eigenvalue weighted by Crippen LogP contribution is -2.40. The molecule has 0 aliphatic heterocycles. The van der Waals surface area contributed by atoms with E-state index in [1.165, 1.54) is 0 Å². The van der Waals surface area contributed by atoms with Gasteiger partial charge in [0, 0.05) is 17.6 Å². The van der Waals surface area contributed by atoms with Crippen LogP contribution in [0, 0.1) is 0 Å². The van der Waals surface area contributed by atoms with Crippen molar-refractivity contribution >= 4 is 15.9 Å². The molecule has 0 aliphatic rings. The zero-order chi connectivity index (χ0) is 12.2. The fourth-order valence-corrected chi connectivity index (χ4v) is 1.92. The highest BCUT2D eigenvalue weighted by molar-refractivity contribution is 9.10. The number of aromatic hydroxyl groups is 1. The van der Waals surface area contributed by atoms with Crippen molar-refractivity contribution in [3.63, 3.8) is 0 Å². The van der Waals surface area contributed by atoms with Crippen LogP contribution in [0.15, 0.2) is 22.7 Å². The fourth-order valence-electron chi connectivity index (χ4n) is 1.51. The summed E-state index contributed by atoms with van der Waals surface area (Å²) in [6.45, 7) is 7.26. The van der Waals surface area contributed by atoms with Gasteiger partial charge in [0.05, 0.1) is 4.47 Å². The summed E-state index contributed by atoms with van der Waals surface area (Å²) in [5, 5.41) is 13.4. The lowest BCUT2D eigenvalue weighted by molar-refractivity contribution is 0.326. The zero-order valence-corrected chi connectivity index (χ0v) is 11.8. The molecule has 0 saturated heterocycles. The molecule has 16 heavy (non-hydrogen) atoms. The molecule has 0 heterocycles. The van der Waals surface area contributed by atoms with E-state index in [-0.39, 0.29) is 5.54 Å². The summed E-state index contributed by atoms with van der Waals surface area (Å²) in [5.41, 5.74) is 1.08. The minimum absolute atomic E-state index is 0.148. The van der Waals surface area contributed by atoms with E-state index in [4.69, 9.17) is 0 Å². The second-order valence-corrected chi connectivity index (χ2v) is 5.22. The molecule has 3 heteroatoms. The number of para-hydroxylation sites is 1. The van der Waals surface area contributed by atoms with Crippen molar-refractivity contribution in [3.05, 3.63) is 28.2 Å². The smallest absolute Gasteiger partial charge is 0.134 e. The third-order valence-corrected chi connectivity index (χ3v) is 3.98. The molecule has 90 valence electrons. The van der Waals surface area contributed by atoms with Crippen molar-refractivity contribution in [2.75, 3.05) is 0 Å². The molecule has 0 spiro atoms. The van der Waals surface area contributed by atoms with E-state index in [2.05, 4.69) is 42.0 Å². The fraction of sp³-hybridized carbons (Fsp3) is 0.538. The average Bonchev–Trinajstić information content (AvgIpc) is 2.31. The van der Waals surface area contributed by atoms with Gasteiger partial charge in [0.2, 0.25) is 0 Å². The standard InChI is InChI=1S/C13H20BrNO/c1-4-13(3,5-2)15-9-10-7-6-8-11(14)12(10)16/h6-8,15-16H,4-5,9H2,1-3H3. The Morgan fingerprint density at radius 2 is 1.94 bits per heavy atom. The molecule has 0 radical (unpaired) electrons. The number of rotatable bonds is 5. The maximum atomic E-state index is 9.85. The van der Waals surface area contributed by atoms with E-state index < -0.39 is 0 Å². The van der Waals surface area contributed by atoms with Crippen LogP contribution in [0.3, 0.4) is 0 Å². The maximum absolute atomic E-state index is 9.85. The Morgan fingerprint density at radius 1 is 1.31 bits per heavy atom. The van der Waals surface area contributed by atoms with E-state index in [1.807, 2.05) is 18.2 Å². The van der Waals surface area contributed by atoms with Gasteiger partial charge in [0.25, 0.3) is 0 Å². The average molecular weight is 286 g/mol. The molecule has 0 atom stereocenters.